The summed E-state index contributed by atoms with van der Waals surface area (Å²) in [5.74, 6) is -0.189. The average Bonchev–Trinajstić information content (AvgIpc) is 2.31. The van der Waals surface area contributed by atoms with Crippen LogP contribution in [-0.4, -0.2) is 19.8 Å². The summed E-state index contributed by atoms with van der Waals surface area (Å²) in [5.41, 5.74) is 2.07. The van der Waals surface area contributed by atoms with Gasteiger partial charge in [-0.15, -0.1) is 0 Å². The van der Waals surface area contributed by atoms with E-state index in [0.717, 1.165) is 17.5 Å². The molecule has 0 fully saturated rings. The quantitative estimate of drug-likeness (QED) is 0.823. The van der Waals surface area contributed by atoms with E-state index in [1.54, 1.807) is 6.07 Å². The van der Waals surface area contributed by atoms with E-state index >= 15 is 0 Å². The second kappa shape index (κ2) is 6.72. The lowest BCUT2D eigenvalue weighted by Crippen LogP contribution is -2.32. The minimum atomic E-state index is -0.189. The van der Waals surface area contributed by atoms with Crippen molar-refractivity contribution >= 4 is 0 Å². The molecular formula is C14H22FNO. The molecule has 0 aromatic heterocycles. The Morgan fingerprint density at radius 2 is 2.06 bits per heavy atom. The lowest BCUT2D eigenvalue weighted by atomic mass is 9.95. The van der Waals surface area contributed by atoms with Crippen LogP contribution in [0.2, 0.25) is 0 Å². The van der Waals surface area contributed by atoms with Crippen molar-refractivity contribution in [2.24, 2.45) is 0 Å². The molecular weight excluding hydrogens is 217 g/mol. The fourth-order valence-corrected chi connectivity index (χ4v) is 2.19. The van der Waals surface area contributed by atoms with Crippen LogP contribution in [0.1, 0.15) is 37.4 Å². The van der Waals surface area contributed by atoms with Crippen molar-refractivity contribution in [3.63, 3.8) is 0 Å². The Balaban J connectivity index is 2.99. The van der Waals surface area contributed by atoms with Gasteiger partial charge >= 0.3 is 0 Å². The number of likely N-dealkylation sites (N-methyl/N-ethyl adjacent to an activating group) is 1. The summed E-state index contributed by atoms with van der Waals surface area (Å²) in [7, 11) is 1.91. The summed E-state index contributed by atoms with van der Waals surface area (Å²) < 4.78 is 18.8. The van der Waals surface area contributed by atoms with E-state index < -0.39 is 0 Å². The zero-order valence-electron chi connectivity index (χ0n) is 11.1. The maximum atomic E-state index is 13.1. The number of nitrogens with one attached hydrogen (secondary N) is 1. The van der Waals surface area contributed by atoms with Gasteiger partial charge in [-0.3, -0.25) is 0 Å². The van der Waals surface area contributed by atoms with Crippen molar-refractivity contribution in [1.82, 2.24) is 5.32 Å². The molecule has 0 heterocycles. The molecule has 1 aromatic rings. The molecule has 17 heavy (non-hydrogen) atoms. The predicted molar refractivity (Wildman–Crippen MR) is 68.6 cm³/mol. The molecule has 0 aliphatic rings. The Morgan fingerprint density at radius 3 is 2.53 bits per heavy atom. The molecule has 0 amide bonds. The Labute approximate surface area is 103 Å². The van der Waals surface area contributed by atoms with Crippen molar-refractivity contribution < 1.29 is 9.13 Å². The molecule has 0 aliphatic carbocycles. The van der Waals surface area contributed by atoms with Crippen molar-refractivity contribution in [3.8, 4) is 0 Å². The standard InChI is InChI=1S/C14H22FNO/c1-5-13(17-6-2)14(16-4)12-8-7-11(15)9-10(12)3/h7-9,13-14,16H,5-6H2,1-4H3. The number of aryl methyl sites for hydroxylation is 1. The van der Waals surface area contributed by atoms with Gasteiger partial charge in [0, 0.05) is 6.61 Å². The van der Waals surface area contributed by atoms with Crippen LogP contribution in [0.5, 0.6) is 0 Å². The van der Waals surface area contributed by atoms with Gasteiger partial charge in [0.25, 0.3) is 0 Å². The highest BCUT2D eigenvalue weighted by molar-refractivity contribution is 5.30. The zero-order chi connectivity index (χ0) is 12.8. The van der Waals surface area contributed by atoms with Crippen LogP contribution in [0.15, 0.2) is 18.2 Å². The Kier molecular flexibility index (Phi) is 5.59. The highest BCUT2D eigenvalue weighted by Crippen LogP contribution is 2.24. The molecule has 96 valence electrons. The van der Waals surface area contributed by atoms with E-state index in [4.69, 9.17) is 4.74 Å². The van der Waals surface area contributed by atoms with Crippen LogP contribution in [0, 0.1) is 12.7 Å². The molecule has 0 bridgehead atoms. The third-order valence-corrected chi connectivity index (χ3v) is 3.03. The van der Waals surface area contributed by atoms with Crippen LogP contribution in [0.25, 0.3) is 0 Å². The number of ether oxygens (including phenoxy) is 1. The first-order valence-electron chi connectivity index (χ1n) is 6.18. The highest BCUT2D eigenvalue weighted by atomic mass is 19.1. The first-order valence-corrected chi connectivity index (χ1v) is 6.18. The van der Waals surface area contributed by atoms with Gasteiger partial charge in [-0.2, -0.15) is 0 Å². The lowest BCUT2D eigenvalue weighted by Gasteiger charge is -2.27. The zero-order valence-corrected chi connectivity index (χ0v) is 11.1. The normalized spacial score (nSPS) is 14.6. The molecule has 2 atom stereocenters. The molecule has 0 aliphatic heterocycles. The third kappa shape index (κ3) is 3.51. The van der Waals surface area contributed by atoms with Crippen LogP contribution in [-0.2, 0) is 4.74 Å². The number of rotatable bonds is 6. The molecule has 3 heteroatoms. The molecule has 2 nitrogen and oxygen atoms in total. The lowest BCUT2D eigenvalue weighted by molar-refractivity contribution is 0.0332. The van der Waals surface area contributed by atoms with E-state index in [2.05, 4.69) is 12.2 Å². The van der Waals surface area contributed by atoms with Gasteiger partial charge in [0.2, 0.25) is 0 Å². The summed E-state index contributed by atoms with van der Waals surface area (Å²) in [6.07, 6.45) is 1.05. The molecule has 1 N–H and O–H groups in total. The van der Waals surface area contributed by atoms with E-state index in [1.165, 1.54) is 6.07 Å². The summed E-state index contributed by atoms with van der Waals surface area (Å²) in [6, 6.07) is 5.03. The predicted octanol–water partition coefficient (Wildman–Crippen LogP) is 3.21. The van der Waals surface area contributed by atoms with Gasteiger partial charge in [-0.1, -0.05) is 13.0 Å². The topological polar surface area (TPSA) is 21.3 Å². The van der Waals surface area contributed by atoms with Gasteiger partial charge in [-0.05, 0) is 50.6 Å². The fourth-order valence-electron chi connectivity index (χ4n) is 2.19. The van der Waals surface area contributed by atoms with Gasteiger partial charge in [0.15, 0.2) is 0 Å². The van der Waals surface area contributed by atoms with Crippen LogP contribution < -0.4 is 5.32 Å². The number of hydrogen-bond acceptors (Lipinski definition) is 2. The number of halogens is 1. The van der Waals surface area contributed by atoms with E-state index in [9.17, 15) is 4.39 Å². The van der Waals surface area contributed by atoms with Crippen LogP contribution in [0.4, 0.5) is 4.39 Å². The third-order valence-electron chi connectivity index (χ3n) is 3.03. The van der Waals surface area contributed by atoms with Crippen LogP contribution >= 0.6 is 0 Å². The van der Waals surface area contributed by atoms with Crippen molar-refractivity contribution in [1.29, 1.82) is 0 Å². The van der Waals surface area contributed by atoms with E-state index in [0.29, 0.717) is 6.61 Å². The monoisotopic (exact) mass is 239 g/mol. The van der Waals surface area contributed by atoms with Crippen LogP contribution in [0.3, 0.4) is 0 Å². The number of hydrogen-bond donors (Lipinski definition) is 1. The van der Waals surface area contributed by atoms with Gasteiger partial charge in [-0.25, -0.2) is 4.39 Å². The largest absolute Gasteiger partial charge is 0.377 e. The Morgan fingerprint density at radius 1 is 1.35 bits per heavy atom. The first kappa shape index (κ1) is 14.1. The minimum absolute atomic E-state index is 0.112. The SMILES string of the molecule is CCOC(CC)C(NC)c1ccc(F)cc1C. The molecule has 0 spiro atoms. The second-order valence-electron chi connectivity index (χ2n) is 4.17. The van der Waals surface area contributed by atoms with Crippen molar-refractivity contribution in [2.75, 3.05) is 13.7 Å². The first-order chi connectivity index (χ1) is 8.13. The fraction of sp³-hybridized carbons (Fsp3) is 0.571. The van der Waals surface area contributed by atoms with Gasteiger partial charge in [0.1, 0.15) is 5.82 Å². The van der Waals surface area contributed by atoms with Gasteiger partial charge < -0.3 is 10.1 Å². The summed E-state index contributed by atoms with van der Waals surface area (Å²) in [6.45, 7) is 6.72. The van der Waals surface area contributed by atoms with E-state index in [1.807, 2.05) is 27.0 Å². The summed E-state index contributed by atoms with van der Waals surface area (Å²) in [5, 5.41) is 3.27. The Hall–Kier alpha value is -0.930. The smallest absolute Gasteiger partial charge is 0.123 e. The number of benzene rings is 1. The average molecular weight is 239 g/mol. The molecule has 1 aromatic carbocycles. The molecule has 0 saturated heterocycles. The minimum Gasteiger partial charge on any atom is -0.377 e. The van der Waals surface area contributed by atoms with Crippen molar-refractivity contribution in [3.05, 3.63) is 35.1 Å². The maximum Gasteiger partial charge on any atom is 0.123 e. The van der Waals surface area contributed by atoms with Crippen molar-refractivity contribution in [2.45, 2.75) is 39.3 Å². The maximum absolute atomic E-state index is 13.1. The highest BCUT2D eigenvalue weighted by Gasteiger charge is 2.22. The molecule has 0 saturated carbocycles. The van der Waals surface area contributed by atoms with E-state index in [-0.39, 0.29) is 18.0 Å². The summed E-state index contributed by atoms with van der Waals surface area (Å²) >= 11 is 0. The summed E-state index contributed by atoms with van der Waals surface area (Å²) in [4.78, 5) is 0. The van der Waals surface area contributed by atoms with Gasteiger partial charge in [0.05, 0.1) is 12.1 Å². The molecule has 0 radical (unpaired) electrons. The second-order valence-corrected chi connectivity index (χ2v) is 4.17. The molecule has 1 rings (SSSR count). The molecule has 2 unspecified atom stereocenters. The Bertz CT molecular complexity index is 354.